The van der Waals surface area contributed by atoms with E-state index in [-0.39, 0.29) is 0 Å². The first-order valence-electron chi connectivity index (χ1n) is 5.21. The fourth-order valence-electron chi connectivity index (χ4n) is 1.42. The van der Waals surface area contributed by atoms with Gasteiger partial charge in [-0.05, 0) is 0 Å². The van der Waals surface area contributed by atoms with Crippen LogP contribution in [0.1, 0.15) is 0 Å². The van der Waals surface area contributed by atoms with E-state index in [1.165, 1.54) is 7.11 Å². The molecule has 1 fully saturated rings. The Morgan fingerprint density at radius 1 is 1.28 bits per heavy atom. The largest absolute Gasteiger partial charge is 0.469 e. The number of hydrogen-bond acceptors (Lipinski definition) is 8. The van der Waals surface area contributed by atoms with Crippen LogP contribution in [-0.4, -0.2) is 70.8 Å². The number of rotatable bonds is 4. The summed E-state index contributed by atoms with van der Waals surface area (Å²) in [4.78, 5) is 10.8. The Morgan fingerprint density at radius 2 is 1.94 bits per heavy atom. The summed E-state index contributed by atoms with van der Waals surface area (Å²) < 4.78 is 14.2. The summed E-state index contributed by atoms with van der Waals surface area (Å²) in [6, 6.07) is 0. The molecule has 1 aliphatic rings. The second kappa shape index (κ2) is 6.66. The van der Waals surface area contributed by atoms with E-state index >= 15 is 0 Å². The molecule has 0 radical (unpaired) electrons. The van der Waals surface area contributed by atoms with Gasteiger partial charge in [-0.25, -0.2) is 4.79 Å². The molecule has 0 spiro atoms. The second-order valence-electron chi connectivity index (χ2n) is 3.66. The highest BCUT2D eigenvalue weighted by Gasteiger charge is 2.44. The van der Waals surface area contributed by atoms with Crippen molar-refractivity contribution in [1.82, 2.24) is 0 Å². The molecule has 0 aromatic carbocycles. The number of hydrogen-bond donors (Lipinski definition) is 4. The van der Waals surface area contributed by atoms with Crippen LogP contribution in [0.25, 0.3) is 0 Å². The van der Waals surface area contributed by atoms with Crippen molar-refractivity contribution >= 4 is 5.97 Å². The van der Waals surface area contributed by atoms with Gasteiger partial charge >= 0.3 is 5.97 Å². The standard InChI is InChI=1S/C10H16O8/c1-16-6(12)2-3-17-10-9(15)8(14)7(13)5(4-11)18-10/h2-3,5,7-11,13-15H,4H2,1H3/b3-2+. The lowest BCUT2D eigenvalue weighted by Gasteiger charge is -2.38. The zero-order valence-corrected chi connectivity index (χ0v) is 9.67. The minimum atomic E-state index is -1.52. The average Bonchev–Trinajstić information content (AvgIpc) is 2.38. The van der Waals surface area contributed by atoms with Gasteiger partial charge in [-0.2, -0.15) is 0 Å². The van der Waals surface area contributed by atoms with Crippen molar-refractivity contribution in [1.29, 1.82) is 0 Å². The van der Waals surface area contributed by atoms with Gasteiger partial charge in [0, 0.05) is 0 Å². The number of methoxy groups -OCH3 is 1. The van der Waals surface area contributed by atoms with Crippen molar-refractivity contribution in [2.75, 3.05) is 13.7 Å². The fraction of sp³-hybridized carbons (Fsp3) is 0.700. The first-order chi connectivity index (χ1) is 8.51. The van der Waals surface area contributed by atoms with Crippen LogP contribution in [0.4, 0.5) is 0 Å². The summed E-state index contributed by atoms with van der Waals surface area (Å²) in [7, 11) is 1.18. The summed E-state index contributed by atoms with van der Waals surface area (Å²) in [5, 5.41) is 37.4. The highest BCUT2D eigenvalue weighted by Crippen LogP contribution is 2.21. The predicted octanol–water partition coefficient (Wildman–Crippen LogP) is -2.51. The molecule has 104 valence electrons. The molecule has 8 heteroatoms. The van der Waals surface area contributed by atoms with Crippen molar-refractivity contribution in [3.8, 4) is 0 Å². The average molecular weight is 264 g/mol. The molecule has 5 atom stereocenters. The molecule has 0 saturated carbocycles. The Labute approximate surface area is 103 Å². The van der Waals surface area contributed by atoms with Gasteiger partial charge in [0.25, 0.3) is 0 Å². The molecule has 1 heterocycles. The number of carbonyl (C=O) groups is 1. The maximum atomic E-state index is 10.8. The third kappa shape index (κ3) is 3.40. The van der Waals surface area contributed by atoms with Crippen LogP contribution in [-0.2, 0) is 19.0 Å². The summed E-state index contributed by atoms with van der Waals surface area (Å²) in [6.45, 7) is -0.550. The van der Waals surface area contributed by atoms with Gasteiger partial charge in [0.05, 0.1) is 26.1 Å². The molecule has 4 N–H and O–H groups in total. The molecule has 0 aliphatic carbocycles. The van der Waals surface area contributed by atoms with Crippen LogP contribution in [0.5, 0.6) is 0 Å². The topological polar surface area (TPSA) is 126 Å². The minimum Gasteiger partial charge on any atom is -0.469 e. The molecule has 5 unspecified atom stereocenters. The van der Waals surface area contributed by atoms with E-state index in [2.05, 4.69) is 4.74 Å². The molecule has 1 saturated heterocycles. The van der Waals surface area contributed by atoms with E-state index in [0.29, 0.717) is 0 Å². The smallest absolute Gasteiger partial charge is 0.333 e. The van der Waals surface area contributed by atoms with Gasteiger partial charge in [-0.15, -0.1) is 0 Å². The van der Waals surface area contributed by atoms with Crippen molar-refractivity contribution < 1.29 is 39.4 Å². The van der Waals surface area contributed by atoms with Gasteiger partial charge in [0.1, 0.15) is 24.4 Å². The van der Waals surface area contributed by atoms with Crippen LogP contribution < -0.4 is 0 Å². The van der Waals surface area contributed by atoms with E-state index in [1.54, 1.807) is 0 Å². The molecule has 0 aromatic rings. The summed E-state index contributed by atoms with van der Waals surface area (Å²) in [5.74, 6) is -0.667. The van der Waals surface area contributed by atoms with Gasteiger partial charge in [0.15, 0.2) is 0 Å². The Balaban J connectivity index is 2.59. The highest BCUT2D eigenvalue weighted by atomic mass is 16.7. The molecule has 0 amide bonds. The number of carbonyl (C=O) groups excluding carboxylic acids is 1. The zero-order valence-electron chi connectivity index (χ0n) is 9.67. The number of aliphatic hydroxyl groups excluding tert-OH is 4. The Bertz CT molecular complexity index is 302. The van der Waals surface area contributed by atoms with Crippen LogP contribution in [0.2, 0.25) is 0 Å². The van der Waals surface area contributed by atoms with Crippen LogP contribution in [0.3, 0.4) is 0 Å². The first-order valence-corrected chi connectivity index (χ1v) is 5.21. The highest BCUT2D eigenvalue weighted by molar-refractivity contribution is 5.81. The maximum absolute atomic E-state index is 10.8. The normalized spacial score (nSPS) is 36.6. The number of esters is 1. The van der Waals surface area contributed by atoms with Gasteiger partial charge < -0.3 is 34.6 Å². The van der Waals surface area contributed by atoms with E-state index in [1.807, 2.05) is 0 Å². The molecule has 1 aliphatic heterocycles. The van der Waals surface area contributed by atoms with Gasteiger partial charge in [-0.1, -0.05) is 0 Å². The summed E-state index contributed by atoms with van der Waals surface area (Å²) >= 11 is 0. The van der Waals surface area contributed by atoms with Crippen molar-refractivity contribution in [3.63, 3.8) is 0 Å². The molecular weight excluding hydrogens is 248 g/mol. The lowest BCUT2D eigenvalue weighted by Crippen LogP contribution is -2.58. The van der Waals surface area contributed by atoms with Crippen molar-refractivity contribution in [2.24, 2.45) is 0 Å². The Morgan fingerprint density at radius 3 is 2.50 bits per heavy atom. The molecular formula is C10H16O8. The minimum absolute atomic E-state index is 0.550. The zero-order chi connectivity index (χ0) is 13.7. The molecule has 0 aromatic heterocycles. The van der Waals surface area contributed by atoms with Gasteiger partial charge in [-0.3, -0.25) is 0 Å². The van der Waals surface area contributed by atoms with E-state index in [0.717, 1.165) is 12.3 Å². The van der Waals surface area contributed by atoms with Crippen LogP contribution in [0.15, 0.2) is 12.3 Å². The van der Waals surface area contributed by atoms with Crippen LogP contribution in [0, 0.1) is 0 Å². The quantitative estimate of drug-likeness (QED) is 0.249. The summed E-state index contributed by atoms with van der Waals surface area (Å²) in [6.07, 6.45) is -4.96. The molecule has 0 bridgehead atoms. The SMILES string of the molecule is COC(=O)/C=C/OC1OC(CO)C(O)C(O)C1O. The molecule has 1 rings (SSSR count). The number of ether oxygens (including phenoxy) is 3. The van der Waals surface area contributed by atoms with Crippen molar-refractivity contribution in [3.05, 3.63) is 12.3 Å². The monoisotopic (exact) mass is 264 g/mol. The van der Waals surface area contributed by atoms with Crippen molar-refractivity contribution in [2.45, 2.75) is 30.7 Å². The lowest BCUT2D eigenvalue weighted by molar-refractivity contribution is -0.287. The number of aliphatic hydroxyl groups is 4. The first kappa shape index (κ1) is 14.9. The predicted molar refractivity (Wildman–Crippen MR) is 56.0 cm³/mol. The maximum Gasteiger partial charge on any atom is 0.333 e. The third-order valence-corrected chi connectivity index (χ3v) is 2.47. The lowest BCUT2D eigenvalue weighted by atomic mass is 9.99. The Hall–Kier alpha value is -1.19. The van der Waals surface area contributed by atoms with E-state index < -0.39 is 43.3 Å². The Kier molecular flexibility index (Phi) is 5.51. The summed E-state index contributed by atoms with van der Waals surface area (Å²) in [5.41, 5.74) is 0. The van der Waals surface area contributed by atoms with Gasteiger partial charge in [0.2, 0.25) is 6.29 Å². The van der Waals surface area contributed by atoms with Crippen LogP contribution >= 0.6 is 0 Å². The third-order valence-electron chi connectivity index (χ3n) is 2.47. The van der Waals surface area contributed by atoms with E-state index in [9.17, 15) is 20.1 Å². The molecule has 8 nitrogen and oxygen atoms in total. The molecule has 18 heavy (non-hydrogen) atoms. The fourth-order valence-corrected chi connectivity index (χ4v) is 1.42. The van der Waals surface area contributed by atoms with E-state index in [4.69, 9.17) is 14.6 Å². The second-order valence-corrected chi connectivity index (χ2v) is 3.66.